The van der Waals surface area contributed by atoms with Crippen LogP contribution in [0.15, 0.2) is 31.0 Å². The number of amides is 2. The highest BCUT2D eigenvalue weighted by molar-refractivity contribution is 5.85. The van der Waals surface area contributed by atoms with Gasteiger partial charge in [0.1, 0.15) is 5.69 Å². The van der Waals surface area contributed by atoms with Gasteiger partial charge in [-0.2, -0.15) is 0 Å². The molecular formula is C14H19N3O3. The lowest BCUT2D eigenvalue weighted by atomic mass is 10.2. The van der Waals surface area contributed by atoms with E-state index in [-0.39, 0.29) is 11.7 Å². The summed E-state index contributed by atoms with van der Waals surface area (Å²) in [5, 5.41) is 11.5. The van der Waals surface area contributed by atoms with E-state index in [4.69, 9.17) is 5.11 Å². The van der Waals surface area contributed by atoms with Crippen LogP contribution in [0.3, 0.4) is 0 Å². The van der Waals surface area contributed by atoms with E-state index in [1.54, 1.807) is 17.0 Å². The van der Waals surface area contributed by atoms with E-state index in [1.807, 2.05) is 6.92 Å². The lowest BCUT2D eigenvalue weighted by molar-refractivity contribution is 0.0690. The number of nitrogens with zero attached hydrogens (tertiary/aromatic N) is 2. The first kappa shape index (κ1) is 15.7. The zero-order valence-corrected chi connectivity index (χ0v) is 11.5. The highest BCUT2D eigenvalue weighted by atomic mass is 16.4. The van der Waals surface area contributed by atoms with Crippen molar-refractivity contribution in [2.24, 2.45) is 0 Å². The second-order valence-electron chi connectivity index (χ2n) is 4.25. The molecule has 6 nitrogen and oxygen atoms in total. The topological polar surface area (TPSA) is 82.5 Å². The Balaban J connectivity index is 2.54. The molecule has 0 unspecified atom stereocenters. The van der Waals surface area contributed by atoms with Crippen LogP contribution in [0.2, 0.25) is 0 Å². The fourth-order valence-corrected chi connectivity index (χ4v) is 1.65. The first-order chi connectivity index (χ1) is 9.58. The van der Waals surface area contributed by atoms with Crippen molar-refractivity contribution in [3.63, 3.8) is 0 Å². The van der Waals surface area contributed by atoms with E-state index >= 15 is 0 Å². The third kappa shape index (κ3) is 4.72. The molecule has 0 fully saturated rings. The van der Waals surface area contributed by atoms with Crippen LogP contribution >= 0.6 is 0 Å². The summed E-state index contributed by atoms with van der Waals surface area (Å²) >= 11 is 0. The van der Waals surface area contributed by atoms with Crippen molar-refractivity contribution < 1.29 is 14.7 Å². The van der Waals surface area contributed by atoms with Gasteiger partial charge in [0, 0.05) is 25.8 Å². The number of carbonyl (C=O) groups excluding carboxylic acids is 1. The summed E-state index contributed by atoms with van der Waals surface area (Å²) in [7, 11) is 0. The number of carboxylic acids is 1. The zero-order chi connectivity index (χ0) is 15.0. The Morgan fingerprint density at radius 3 is 2.75 bits per heavy atom. The zero-order valence-electron chi connectivity index (χ0n) is 11.5. The number of pyridine rings is 1. The highest BCUT2D eigenvalue weighted by Crippen LogP contribution is 2.01. The van der Waals surface area contributed by atoms with E-state index in [9.17, 15) is 9.59 Å². The molecule has 2 amide bonds. The highest BCUT2D eigenvalue weighted by Gasteiger charge is 2.10. The summed E-state index contributed by atoms with van der Waals surface area (Å²) < 4.78 is 0. The first-order valence-corrected chi connectivity index (χ1v) is 6.40. The maximum atomic E-state index is 11.9. The Kier molecular flexibility index (Phi) is 6.22. The molecule has 0 bridgehead atoms. The molecule has 0 saturated carbocycles. The molecule has 1 aromatic rings. The molecule has 0 aliphatic carbocycles. The monoisotopic (exact) mass is 277 g/mol. The van der Waals surface area contributed by atoms with Crippen LogP contribution in [0.1, 0.15) is 29.4 Å². The summed E-state index contributed by atoms with van der Waals surface area (Å²) in [6, 6.07) is 2.88. The Labute approximate surface area is 118 Å². The predicted molar refractivity (Wildman–Crippen MR) is 75.5 cm³/mol. The number of carboxylic acid groups (broad SMARTS) is 1. The van der Waals surface area contributed by atoms with E-state index in [2.05, 4.69) is 16.9 Å². The molecule has 0 aliphatic heterocycles. The van der Waals surface area contributed by atoms with Gasteiger partial charge in [-0.15, -0.1) is 6.58 Å². The molecule has 0 spiro atoms. The molecule has 0 aromatic carbocycles. The maximum absolute atomic E-state index is 11.9. The standard InChI is InChI=1S/C14H19N3O3/c1-3-7-17(8-4-2)14(20)16-10-11-5-6-12(13(18)19)15-9-11/h3,5-6,9H,1,4,7-8,10H2,2H3,(H,16,20)(H,18,19). The average molecular weight is 277 g/mol. The number of nitrogens with one attached hydrogen (secondary N) is 1. The molecule has 0 aliphatic rings. The summed E-state index contributed by atoms with van der Waals surface area (Å²) in [4.78, 5) is 28.0. The molecule has 0 atom stereocenters. The number of hydrogen-bond acceptors (Lipinski definition) is 3. The molecule has 1 heterocycles. The number of rotatable bonds is 7. The van der Waals surface area contributed by atoms with Crippen LogP contribution in [0, 0.1) is 0 Å². The van der Waals surface area contributed by atoms with Gasteiger partial charge in [0.15, 0.2) is 0 Å². The molecule has 20 heavy (non-hydrogen) atoms. The average Bonchev–Trinajstić information content (AvgIpc) is 2.45. The predicted octanol–water partition coefficient (Wildman–Crippen LogP) is 1.89. The number of aromatic nitrogens is 1. The van der Waals surface area contributed by atoms with Crippen molar-refractivity contribution in [2.45, 2.75) is 19.9 Å². The van der Waals surface area contributed by atoms with E-state index in [0.717, 1.165) is 12.0 Å². The molecule has 1 aromatic heterocycles. The number of urea groups is 1. The van der Waals surface area contributed by atoms with Crippen LogP contribution < -0.4 is 5.32 Å². The summed E-state index contributed by atoms with van der Waals surface area (Å²) in [6.45, 7) is 7.09. The third-order valence-electron chi connectivity index (χ3n) is 2.62. The van der Waals surface area contributed by atoms with Gasteiger partial charge in [-0.1, -0.05) is 19.1 Å². The fourth-order valence-electron chi connectivity index (χ4n) is 1.65. The molecule has 0 radical (unpaired) electrons. The van der Waals surface area contributed by atoms with Crippen molar-refractivity contribution in [3.05, 3.63) is 42.2 Å². The van der Waals surface area contributed by atoms with Crippen molar-refractivity contribution in [3.8, 4) is 0 Å². The molecule has 6 heteroatoms. The van der Waals surface area contributed by atoms with Gasteiger partial charge in [0.25, 0.3) is 0 Å². The van der Waals surface area contributed by atoms with E-state index in [1.165, 1.54) is 12.3 Å². The van der Waals surface area contributed by atoms with Crippen LogP contribution in [0.5, 0.6) is 0 Å². The Hall–Kier alpha value is -2.37. The van der Waals surface area contributed by atoms with Crippen LogP contribution in [0.25, 0.3) is 0 Å². The van der Waals surface area contributed by atoms with Crippen LogP contribution in [-0.4, -0.2) is 40.1 Å². The summed E-state index contributed by atoms with van der Waals surface area (Å²) in [5.74, 6) is -1.07. The molecule has 2 N–H and O–H groups in total. The minimum absolute atomic E-state index is 0.0145. The third-order valence-corrected chi connectivity index (χ3v) is 2.62. The van der Waals surface area contributed by atoms with E-state index < -0.39 is 5.97 Å². The Morgan fingerprint density at radius 2 is 2.25 bits per heavy atom. The molecule has 0 saturated heterocycles. The lowest BCUT2D eigenvalue weighted by Crippen LogP contribution is -2.40. The minimum atomic E-state index is -1.07. The van der Waals surface area contributed by atoms with Gasteiger partial charge in [-0.25, -0.2) is 14.6 Å². The van der Waals surface area contributed by atoms with Gasteiger partial charge in [-0.3, -0.25) is 0 Å². The van der Waals surface area contributed by atoms with Crippen LogP contribution in [0.4, 0.5) is 4.79 Å². The van der Waals surface area contributed by atoms with Crippen LogP contribution in [-0.2, 0) is 6.54 Å². The SMILES string of the molecule is C=CCN(CCC)C(=O)NCc1ccc(C(=O)O)nc1. The van der Waals surface area contributed by atoms with Gasteiger partial charge >= 0.3 is 12.0 Å². The van der Waals surface area contributed by atoms with Crippen molar-refractivity contribution in [1.29, 1.82) is 0 Å². The van der Waals surface area contributed by atoms with E-state index in [0.29, 0.717) is 19.6 Å². The van der Waals surface area contributed by atoms with Gasteiger partial charge in [-0.05, 0) is 18.1 Å². The number of carbonyl (C=O) groups is 2. The molecule has 1 rings (SSSR count). The van der Waals surface area contributed by atoms with Gasteiger partial charge < -0.3 is 15.3 Å². The lowest BCUT2D eigenvalue weighted by Gasteiger charge is -2.20. The summed E-state index contributed by atoms with van der Waals surface area (Å²) in [5.41, 5.74) is 0.734. The quantitative estimate of drug-likeness (QED) is 0.745. The minimum Gasteiger partial charge on any atom is -0.477 e. The largest absolute Gasteiger partial charge is 0.477 e. The first-order valence-electron chi connectivity index (χ1n) is 6.40. The number of aromatic carboxylic acids is 1. The summed E-state index contributed by atoms with van der Waals surface area (Å²) in [6.07, 6.45) is 4.00. The normalized spacial score (nSPS) is 9.85. The van der Waals surface area contributed by atoms with Gasteiger partial charge in [0.05, 0.1) is 0 Å². The van der Waals surface area contributed by atoms with Crippen molar-refractivity contribution in [1.82, 2.24) is 15.2 Å². The second-order valence-corrected chi connectivity index (χ2v) is 4.25. The number of hydrogen-bond donors (Lipinski definition) is 2. The Bertz CT molecular complexity index is 471. The van der Waals surface area contributed by atoms with Crippen molar-refractivity contribution in [2.75, 3.05) is 13.1 Å². The molecular weight excluding hydrogens is 258 g/mol. The smallest absolute Gasteiger partial charge is 0.354 e. The maximum Gasteiger partial charge on any atom is 0.354 e. The molecule has 108 valence electrons. The fraction of sp³-hybridized carbons (Fsp3) is 0.357. The van der Waals surface area contributed by atoms with Gasteiger partial charge in [0.2, 0.25) is 0 Å². The van der Waals surface area contributed by atoms with Crippen molar-refractivity contribution >= 4 is 12.0 Å². The second kappa shape index (κ2) is 7.93. The Morgan fingerprint density at radius 1 is 1.50 bits per heavy atom.